The average Bonchev–Trinajstić information content (AvgIpc) is 2.99. The van der Waals surface area contributed by atoms with Gasteiger partial charge in [-0.05, 0) is 25.5 Å². The average molecular weight is 300 g/mol. The van der Waals surface area contributed by atoms with Crippen molar-refractivity contribution in [2.24, 2.45) is 0 Å². The molecule has 0 bridgehead atoms. The molecule has 1 N–H and O–H groups in total. The van der Waals surface area contributed by atoms with Crippen LogP contribution in [0.5, 0.6) is 0 Å². The van der Waals surface area contributed by atoms with Crippen LogP contribution in [0.4, 0.5) is 0 Å². The van der Waals surface area contributed by atoms with E-state index in [0.717, 1.165) is 5.56 Å². The summed E-state index contributed by atoms with van der Waals surface area (Å²) in [5, 5.41) is 19.8. The van der Waals surface area contributed by atoms with Crippen LogP contribution in [-0.2, 0) is 9.47 Å². The van der Waals surface area contributed by atoms with E-state index >= 15 is 0 Å². The first kappa shape index (κ1) is 16.2. The highest BCUT2D eigenvalue weighted by molar-refractivity contribution is 5.35. The lowest BCUT2D eigenvalue weighted by molar-refractivity contribution is -0.186. The van der Waals surface area contributed by atoms with E-state index in [0.29, 0.717) is 24.5 Å². The third-order valence-corrected chi connectivity index (χ3v) is 3.26. The van der Waals surface area contributed by atoms with Gasteiger partial charge in [-0.1, -0.05) is 30.3 Å². The van der Waals surface area contributed by atoms with Crippen molar-refractivity contribution in [3.8, 4) is 6.07 Å². The Labute approximate surface area is 130 Å². The molecule has 5 nitrogen and oxygen atoms in total. The summed E-state index contributed by atoms with van der Waals surface area (Å²) < 4.78 is 12.6. The molecular weight excluding hydrogens is 280 g/mol. The van der Waals surface area contributed by atoms with Crippen molar-refractivity contribution in [3.05, 3.63) is 59.4 Å². The van der Waals surface area contributed by atoms with Crippen LogP contribution in [-0.4, -0.2) is 22.9 Å². The molecule has 2 aromatic rings. The van der Waals surface area contributed by atoms with Crippen molar-refractivity contribution >= 4 is 0 Å². The fraction of sp³-hybridized carbons (Fsp3) is 0.353. The highest BCUT2D eigenvalue weighted by Gasteiger charge is 2.20. The number of nitriles is 1. The lowest BCUT2D eigenvalue weighted by atomic mass is 10.0. The standard InChI is InChI=1S/C17H20N2O3/c1-3-21-17(22-4-2)19-12-14(10-15(19)11-18)16(20)13-8-6-5-7-9-13/h5-10,12,16-17,20H,3-4H2,1-2H3. The van der Waals surface area contributed by atoms with Crippen LogP contribution in [0.3, 0.4) is 0 Å². The topological polar surface area (TPSA) is 67.4 Å². The Kier molecular flexibility index (Phi) is 5.73. The maximum Gasteiger partial charge on any atom is 0.244 e. The molecule has 116 valence electrons. The minimum Gasteiger partial charge on any atom is -0.384 e. The van der Waals surface area contributed by atoms with Gasteiger partial charge in [0.25, 0.3) is 0 Å². The number of aromatic nitrogens is 1. The van der Waals surface area contributed by atoms with Crippen molar-refractivity contribution in [2.75, 3.05) is 13.2 Å². The highest BCUT2D eigenvalue weighted by atomic mass is 16.7. The monoisotopic (exact) mass is 300 g/mol. The van der Waals surface area contributed by atoms with E-state index in [1.807, 2.05) is 44.2 Å². The molecule has 1 atom stereocenters. The predicted molar refractivity (Wildman–Crippen MR) is 81.9 cm³/mol. The van der Waals surface area contributed by atoms with E-state index in [9.17, 15) is 10.4 Å². The molecule has 1 heterocycles. The van der Waals surface area contributed by atoms with E-state index in [1.165, 1.54) is 0 Å². The van der Waals surface area contributed by atoms with Crippen LogP contribution >= 0.6 is 0 Å². The first-order valence-corrected chi connectivity index (χ1v) is 7.29. The molecule has 1 unspecified atom stereocenters. The number of hydrogen-bond acceptors (Lipinski definition) is 4. The summed E-state index contributed by atoms with van der Waals surface area (Å²) in [5.41, 5.74) is 1.79. The molecule has 0 aliphatic carbocycles. The Morgan fingerprint density at radius 2 is 1.77 bits per heavy atom. The molecule has 0 aliphatic rings. The fourth-order valence-electron chi connectivity index (χ4n) is 2.24. The first-order valence-electron chi connectivity index (χ1n) is 7.29. The Morgan fingerprint density at radius 3 is 2.32 bits per heavy atom. The quantitative estimate of drug-likeness (QED) is 0.798. The number of ether oxygens (including phenoxy) is 2. The normalized spacial score (nSPS) is 12.3. The van der Waals surface area contributed by atoms with Crippen molar-refractivity contribution in [2.45, 2.75) is 26.4 Å². The molecule has 0 radical (unpaired) electrons. The van der Waals surface area contributed by atoms with Crippen LogP contribution in [0.25, 0.3) is 0 Å². The number of benzene rings is 1. The molecule has 0 spiro atoms. The van der Waals surface area contributed by atoms with E-state index in [1.54, 1.807) is 16.8 Å². The summed E-state index contributed by atoms with van der Waals surface area (Å²) in [6, 6.07) is 13.1. The summed E-state index contributed by atoms with van der Waals surface area (Å²) in [5.74, 6) is 0. The fourth-order valence-corrected chi connectivity index (χ4v) is 2.24. The van der Waals surface area contributed by atoms with Crippen LogP contribution in [0, 0.1) is 11.3 Å². The van der Waals surface area contributed by atoms with Gasteiger partial charge in [0.15, 0.2) is 0 Å². The van der Waals surface area contributed by atoms with Crippen LogP contribution < -0.4 is 0 Å². The van der Waals surface area contributed by atoms with Gasteiger partial charge in [0, 0.05) is 25.0 Å². The molecule has 22 heavy (non-hydrogen) atoms. The van der Waals surface area contributed by atoms with Crippen molar-refractivity contribution in [3.63, 3.8) is 0 Å². The number of nitrogens with zero attached hydrogens (tertiary/aromatic N) is 2. The van der Waals surface area contributed by atoms with E-state index in [2.05, 4.69) is 6.07 Å². The van der Waals surface area contributed by atoms with Gasteiger partial charge in [-0.2, -0.15) is 5.26 Å². The van der Waals surface area contributed by atoms with Crippen LogP contribution in [0.2, 0.25) is 0 Å². The zero-order valence-electron chi connectivity index (χ0n) is 12.8. The summed E-state index contributed by atoms with van der Waals surface area (Å²) in [7, 11) is 0. The lowest BCUT2D eigenvalue weighted by Crippen LogP contribution is -2.17. The largest absolute Gasteiger partial charge is 0.384 e. The van der Waals surface area contributed by atoms with Crippen molar-refractivity contribution in [1.82, 2.24) is 4.57 Å². The maximum absolute atomic E-state index is 10.5. The van der Waals surface area contributed by atoms with Gasteiger partial charge in [-0.25, -0.2) is 0 Å². The third-order valence-electron chi connectivity index (χ3n) is 3.26. The maximum atomic E-state index is 10.5. The van der Waals surface area contributed by atoms with E-state index < -0.39 is 12.5 Å². The molecule has 1 aromatic heterocycles. The van der Waals surface area contributed by atoms with Crippen LogP contribution in [0.1, 0.15) is 43.2 Å². The Bertz CT molecular complexity index is 625. The molecule has 0 fully saturated rings. The molecule has 0 saturated carbocycles. The number of aliphatic hydroxyl groups excluding tert-OH is 1. The molecular formula is C17H20N2O3. The highest BCUT2D eigenvalue weighted by Crippen LogP contribution is 2.26. The van der Waals surface area contributed by atoms with Gasteiger partial charge in [-0.3, -0.25) is 4.57 Å². The van der Waals surface area contributed by atoms with Crippen molar-refractivity contribution in [1.29, 1.82) is 5.26 Å². The van der Waals surface area contributed by atoms with Crippen molar-refractivity contribution < 1.29 is 14.6 Å². The van der Waals surface area contributed by atoms with Gasteiger partial charge in [0.05, 0.1) is 0 Å². The lowest BCUT2D eigenvalue weighted by Gasteiger charge is -2.19. The van der Waals surface area contributed by atoms with Gasteiger partial charge in [0.2, 0.25) is 6.41 Å². The van der Waals surface area contributed by atoms with Gasteiger partial charge in [-0.15, -0.1) is 0 Å². The molecule has 2 rings (SSSR count). The second-order valence-electron chi connectivity index (χ2n) is 4.71. The molecule has 0 aliphatic heterocycles. The Morgan fingerprint density at radius 1 is 1.14 bits per heavy atom. The first-order chi connectivity index (χ1) is 10.7. The zero-order valence-corrected chi connectivity index (χ0v) is 12.8. The summed E-state index contributed by atoms with van der Waals surface area (Å²) >= 11 is 0. The van der Waals surface area contributed by atoms with E-state index in [-0.39, 0.29) is 0 Å². The molecule has 1 aromatic carbocycles. The second-order valence-corrected chi connectivity index (χ2v) is 4.71. The minimum absolute atomic E-state index is 0.386. The second kappa shape index (κ2) is 7.76. The van der Waals surface area contributed by atoms with Crippen LogP contribution in [0.15, 0.2) is 42.6 Å². The SMILES string of the molecule is CCOC(OCC)n1cc(C(O)c2ccccc2)cc1C#N. The Balaban J connectivity index is 2.34. The Hall–Kier alpha value is -2.13. The molecule has 0 amide bonds. The predicted octanol–water partition coefficient (Wildman–Crippen LogP) is 2.97. The molecule has 5 heteroatoms. The molecule has 0 saturated heterocycles. The van der Waals surface area contributed by atoms with Gasteiger partial charge in [0.1, 0.15) is 17.9 Å². The minimum atomic E-state index is -0.793. The number of aliphatic hydroxyl groups is 1. The van der Waals surface area contributed by atoms with Gasteiger partial charge < -0.3 is 14.6 Å². The smallest absolute Gasteiger partial charge is 0.244 e. The zero-order chi connectivity index (χ0) is 15.9. The van der Waals surface area contributed by atoms with E-state index in [4.69, 9.17) is 9.47 Å². The summed E-state index contributed by atoms with van der Waals surface area (Å²) in [6.45, 7) is 4.65. The third kappa shape index (κ3) is 3.55. The summed E-state index contributed by atoms with van der Waals surface area (Å²) in [6.07, 6.45) is 0.242. The number of rotatable bonds is 7. The van der Waals surface area contributed by atoms with Gasteiger partial charge >= 0.3 is 0 Å². The number of hydrogen-bond donors (Lipinski definition) is 1. The summed E-state index contributed by atoms with van der Waals surface area (Å²) in [4.78, 5) is 0.